The van der Waals surface area contributed by atoms with Crippen LogP contribution in [0.3, 0.4) is 0 Å². The molecule has 21 heavy (non-hydrogen) atoms. The van der Waals surface area contributed by atoms with E-state index < -0.39 is 11.7 Å². The van der Waals surface area contributed by atoms with Crippen LogP contribution >= 0.6 is 0 Å². The van der Waals surface area contributed by atoms with E-state index in [9.17, 15) is 9.18 Å². The van der Waals surface area contributed by atoms with E-state index in [-0.39, 0.29) is 16.9 Å². The average Bonchev–Trinajstić information content (AvgIpc) is 2.95. The van der Waals surface area contributed by atoms with Crippen LogP contribution in [0.1, 0.15) is 10.4 Å². The normalized spacial score (nSPS) is 10.8. The maximum atomic E-state index is 14.0. The number of carbonyl (C=O) groups excluding carboxylic acids is 1. The second kappa shape index (κ2) is 4.86. The van der Waals surface area contributed by atoms with E-state index in [1.807, 2.05) is 0 Å². The molecular formula is C14H11FN4O2. The smallest absolute Gasteiger partial charge is 0.252 e. The number of hydrogen-bond acceptors (Lipinski definition) is 4. The van der Waals surface area contributed by atoms with Crippen molar-refractivity contribution in [2.24, 2.45) is 5.73 Å². The van der Waals surface area contributed by atoms with Gasteiger partial charge in [0.1, 0.15) is 12.1 Å². The lowest BCUT2D eigenvalue weighted by Gasteiger charge is -2.11. The highest BCUT2D eigenvalue weighted by Crippen LogP contribution is 2.30. The molecule has 0 atom stereocenters. The second-order valence-corrected chi connectivity index (χ2v) is 4.32. The number of methoxy groups -OCH3 is 1. The van der Waals surface area contributed by atoms with Crippen LogP contribution in [0.15, 0.2) is 36.7 Å². The Hall–Kier alpha value is -2.96. The molecule has 3 rings (SSSR count). The summed E-state index contributed by atoms with van der Waals surface area (Å²) in [5.74, 6) is -0.912. The third kappa shape index (κ3) is 1.99. The third-order valence-corrected chi connectivity index (χ3v) is 3.12. The lowest BCUT2D eigenvalue weighted by atomic mass is 10.1. The fourth-order valence-corrected chi connectivity index (χ4v) is 2.20. The van der Waals surface area contributed by atoms with Gasteiger partial charge in [0, 0.05) is 5.56 Å². The molecule has 0 unspecified atom stereocenters. The van der Waals surface area contributed by atoms with Gasteiger partial charge in [-0.15, -0.1) is 0 Å². The molecule has 2 aromatic heterocycles. The number of carbonyl (C=O) groups is 1. The van der Waals surface area contributed by atoms with E-state index in [0.29, 0.717) is 11.3 Å². The molecule has 3 aromatic rings. The van der Waals surface area contributed by atoms with Gasteiger partial charge in [0.2, 0.25) is 0 Å². The summed E-state index contributed by atoms with van der Waals surface area (Å²) in [6.45, 7) is 0. The minimum atomic E-state index is -0.685. The highest BCUT2D eigenvalue weighted by Gasteiger charge is 2.20. The molecule has 0 aliphatic heterocycles. The molecule has 2 N–H and O–H groups in total. The van der Waals surface area contributed by atoms with Crippen LogP contribution in [0.2, 0.25) is 0 Å². The first kappa shape index (κ1) is 13.0. The maximum absolute atomic E-state index is 14.0. The minimum Gasteiger partial charge on any atom is -0.492 e. The lowest BCUT2D eigenvalue weighted by Crippen LogP contribution is -2.14. The van der Waals surface area contributed by atoms with Crippen molar-refractivity contribution in [3.63, 3.8) is 0 Å². The number of hydrogen-bond donors (Lipinski definition) is 1. The summed E-state index contributed by atoms with van der Waals surface area (Å²) in [4.78, 5) is 15.7. The summed E-state index contributed by atoms with van der Waals surface area (Å²) in [6, 6.07) is 7.63. The van der Waals surface area contributed by atoms with Crippen molar-refractivity contribution in [3.05, 3.63) is 48.0 Å². The summed E-state index contributed by atoms with van der Waals surface area (Å²) in [5.41, 5.74) is 6.45. The summed E-state index contributed by atoms with van der Waals surface area (Å²) in [7, 11) is 1.40. The maximum Gasteiger partial charge on any atom is 0.252 e. The largest absolute Gasteiger partial charge is 0.492 e. The molecular weight excluding hydrogens is 275 g/mol. The number of amides is 1. The van der Waals surface area contributed by atoms with Crippen LogP contribution in [-0.4, -0.2) is 27.6 Å². The van der Waals surface area contributed by atoms with Crippen molar-refractivity contribution in [1.82, 2.24) is 14.6 Å². The van der Waals surface area contributed by atoms with Gasteiger partial charge >= 0.3 is 0 Å². The lowest BCUT2D eigenvalue weighted by molar-refractivity contribution is 0.0997. The Balaban J connectivity index is 2.41. The Morgan fingerprint density at radius 2 is 2.14 bits per heavy atom. The van der Waals surface area contributed by atoms with Crippen LogP contribution in [0, 0.1) is 5.82 Å². The molecule has 1 aromatic carbocycles. The van der Waals surface area contributed by atoms with Gasteiger partial charge in [-0.3, -0.25) is 4.79 Å². The standard InChI is InChI=1S/C14H11FN4O2/c1-21-12-9(13(16)20)6-11(19-14(12)17-7-18-19)8-4-2-3-5-10(8)15/h2-7H,1H3,(H2,16,20). The van der Waals surface area contributed by atoms with Crippen LogP contribution < -0.4 is 10.5 Å². The summed E-state index contributed by atoms with van der Waals surface area (Å²) in [6.07, 6.45) is 1.30. The van der Waals surface area contributed by atoms with Gasteiger partial charge in [-0.05, 0) is 18.2 Å². The zero-order chi connectivity index (χ0) is 15.0. The van der Waals surface area contributed by atoms with Crippen molar-refractivity contribution in [1.29, 1.82) is 0 Å². The van der Waals surface area contributed by atoms with Crippen molar-refractivity contribution < 1.29 is 13.9 Å². The number of primary amides is 1. The minimum absolute atomic E-state index is 0.122. The Labute approximate surface area is 119 Å². The molecule has 106 valence electrons. The van der Waals surface area contributed by atoms with Gasteiger partial charge in [0.05, 0.1) is 18.4 Å². The molecule has 7 heteroatoms. The number of ether oxygens (including phenoxy) is 1. The number of halogens is 1. The number of fused-ring (bicyclic) bond motifs is 1. The Bertz CT molecular complexity index is 844. The Morgan fingerprint density at radius 3 is 2.81 bits per heavy atom. The first-order chi connectivity index (χ1) is 10.1. The first-order valence-electron chi connectivity index (χ1n) is 6.09. The number of nitrogens with zero attached hydrogens (tertiary/aromatic N) is 3. The van der Waals surface area contributed by atoms with E-state index in [1.54, 1.807) is 18.2 Å². The zero-order valence-corrected chi connectivity index (χ0v) is 11.1. The van der Waals surface area contributed by atoms with Crippen LogP contribution in [0.4, 0.5) is 4.39 Å². The van der Waals surface area contributed by atoms with Gasteiger partial charge < -0.3 is 10.5 Å². The van der Waals surface area contributed by atoms with Crippen molar-refractivity contribution in [3.8, 4) is 17.0 Å². The SMILES string of the molecule is COc1c(C(N)=O)cc(-c2ccccc2F)n2ncnc12. The fraction of sp³-hybridized carbons (Fsp3) is 0.0714. The number of aromatic nitrogens is 3. The van der Waals surface area contributed by atoms with Crippen molar-refractivity contribution in [2.75, 3.05) is 7.11 Å². The average molecular weight is 286 g/mol. The predicted molar refractivity (Wildman–Crippen MR) is 73.5 cm³/mol. The summed E-state index contributed by atoms with van der Waals surface area (Å²) < 4.78 is 20.6. The number of benzene rings is 1. The molecule has 0 bridgehead atoms. The number of rotatable bonds is 3. The molecule has 2 heterocycles. The molecule has 6 nitrogen and oxygen atoms in total. The predicted octanol–water partition coefficient (Wildman–Crippen LogP) is 1.64. The van der Waals surface area contributed by atoms with Crippen LogP contribution in [0.5, 0.6) is 5.75 Å². The second-order valence-electron chi connectivity index (χ2n) is 4.32. The van der Waals surface area contributed by atoms with E-state index in [4.69, 9.17) is 10.5 Å². The van der Waals surface area contributed by atoms with Crippen molar-refractivity contribution in [2.45, 2.75) is 0 Å². The van der Waals surface area contributed by atoms with Gasteiger partial charge in [0.25, 0.3) is 5.91 Å². The van der Waals surface area contributed by atoms with Gasteiger partial charge in [-0.2, -0.15) is 5.10 Å². The molecule has 0 saturated carbocycles. The summed E-state index contributed by atoms with van der Waals surface area (Å²) >= 11 is 0. The molecule has 0 fully saturated rings. The zero-order valence-electron chi connectivity index (χ0n) is 11.1. The highest BCUT2D eigenvalue weighted by molar-refractivity contribution is 5.99. The molecule has 0 radical (unpaired) electrons. The van der Waals surface area contributed by atoms with E-state index in [0.717, 1.165) is 0 Å². The fourth-order valence-electron chi connectivity index (χ4n) is 2.20. The molecule has 1 amide bonds. The highest BCUT2D eigenvalue weighted by atomic mass is 19.1. The van der Waals surface area contributed by atoms with E-state index >= 15 is 0 Å². The monoisotopic (exact) mass is 286 g/mol. The molecule has 0 aliphatic carbocycles. The first-order valence-corrected chi connectivity index (χ1v) is 6.09. The van der Waals surface area contributed by atoms with Gasteiger partial charge in [0.15, 0.2) is 11.4 Å². The molecule has 0 aliphatic rings. The van der Waals surface area contributed by atoms with E-state index in [2.05, 4.69) is 10.1 Å². The molecule has 0 spiro atoms. The van der Waals surface area contributed by atoms with E-state index in [1.165, 1.54) is 30.1 Å². The van der Waals surface area contributed by atoms with Crippen LogP contribution in [0.25, 0.3) is 16.9 Å². The third-order valence-electron chi connectivity index (χ3n) is 3.12. The molecule has 0 saturated heterocycles. The van der Waals surface area contributed by atoms with Gasteiger partial charge in [-0.25, -0.2) is 13.9 Å². The Morgan fingerprint density at radius 1 is 1.38 bits per heavy atom. The van der Waals surface area contributed by atoms with Crippen LogP contribution in [-0.2, 0) is 0 Å². The van der Waals surface area contributed by atoms with Crippen molar-refractivity contribution >= 4 is 11.6 Å². The quantitative estimate of drug-likeness (QED) is 0.793. The van der Waals surface area contributed by atoms with Gasteiger partial charge in [-0.1, -0.05) is 12.1 Å². The number of pyridine rings is 1. The topological polar surface area (TPSA) is 82.5 Å². The number of nitrogens with two attached hydrogens (primary N) is 1. The Kier molecular flexibility index (Phi) is 3.02. The summed E-state index contributed by atoms with van der Waals surface area (Å²) in [5, 5.41) is 4.05.